The van der Waals surface area contributed by atoms with Gasteiger partial charge in [-0.05, 0) is 68.9 Å². The van der Waals surface area contributed by atoms with Gasteiger partial charge in [0.05, 0.1) is 5.25 Å². The number of rotatable bonds is 4. The van der Waals surface area contributed by atoms with Gasteiger partial charge in [-0.15, -0.1) is 0 Å². The predicted molar refractivity (Wildman–Crippen MR) is 117 cm³/mol. The summed E-state index contributed by atoms with van der Waals surface area (Å²) in [5.41, 5.74) is 2.54. The van der Waals surface area contributed by atoms with Crippen molar-refractivity contribution in [3.05, 3.63) is 30.1 Å². The highest BCUT2D eigenvalue weighted by atomic mass is 32.2. The molecule has 1 aromatic rings. The van der Waals surface area contributed by atoms with E-state index >= 15 is 0 Å². The van der Waals surface area contributed by atoms with Gasteiger partial charge in [-0.2, -0.15) is 4.98 Å². The van der Waals surface area contributed by atoms with Crippen LogP contribution >= 0.6 is 0 Å². The average Bonchev–Trinajstić information content (AvgIpc) is 3.35. The van der Waals surface area contributed by atoms with Gasteiger partial charge in [0.2, 0.25) is 5.95 Å². The van der Waals surface area contributed by atoms with E-state index in [0.29, 0.717) is 30.2 Å². The topological polar surface area (TPSA) is 75.2 Å². The number of anilines is 2. The minimum atomic E-state index is -2.95. The predicted octanol–water partition coefficient (Wildman–Crippen LogP) is 3.92. The van der Waals surface area contributed by atoms with Gasteiger partial charge in [-0.25, -0.2) is 13.4 Å². The normalized spacial score (nSPS) is 30.4. The SMILES string of the molecule is C=C1C=Cc2cnc(N[C@H]3CC[C@H](S(C)(=O)=O)CC3)nc2N1[C@H]1CCCC12CC2. The zero-order valence-corrected chi connectivity index (χ0v) is 17.9. The van der Waals surface area contributed by atoms with E-state index in [2.05, 4.69) is 33.9 Å². The Labute approximate surface area is 173 Å². The van der Waals surface area contributed by atoms with E-state index in [4.69, 9.17) is 4.98 Å². The molecule has 1 aliphatic heterocycles. The number of nitrogens with one attached hydrogen (secondary N) is 1. The molecule has 3 fully saturated rings. The van der Waals surface area contributed by atoms with E-state index in [9.17, 15) is 8.42 Å². The summed E-state index contributed by atoms with van der Waals surface area (Å²) in [5.74, 6) is 1.61. The second kappa shape index (κ2) is 6.83. The lowest BCUT2D eigenvalue weighted by atomic mass is 9.95. The molecule has 1 N–H and O–H groups in total. The fraction of sp³-hybridized carbons (Fsp3) is 0.636. The molecular weight excluding hydrogens is 384 g/mol. The third-order valence-electron chi connectivity index (χ3n) is 7.46. The molecule has 0 bridgehead atoms. The molecule has 0 unspecified atom stereocenters. The quantitative estimate of drug-likeness (QED) is 0.805. The summed E-state index contributed by atoms with van der Waals surface area (Å²) in [6.45, 7) is 4.31. The number of nitrogens with zero attached hydrogens (tertiary/aromatic N) is 3. The molecule has 5 rings (SSSR count). The van der Waals surface area contributed by atoms with E-state index < -0.39 is 9.84 Å². The van der Waals surface area contributed by atoms with Gasteiger partial charge in [-0.3, -0.25) is 0 Å². The number of aromatic nitrogens is 2. The lowest BCUT2D eigenvalue weighted by Crippen LogP contribution is -2.40. The summed E-state index contributed by atoms with van der Waals surface area (Å²) in [4.78, 5) is 11.8. The van der Waals surface area contributed by atoms with Crippen molar-refractivity contribution in [2.45, 2.75) is 75.1 Å². The van der Waals surface area contributed by atoms with Gasteiger partial charge in [-0.1, -0.05) is 13.0 Å². The smallest absolute Gasteiger partial charge is 0.224 e. The van der Waals surface area contributed by atoms with Crippen molar-refractivity contribution in [1.82, 2.24) is 9.97 Å². The summed E-state index contributed by atoms with van der Waals surface area (Å²) >= 11 is 0. The van der Waals surface area contributed by atoms with Crippen molar-refractivity contribution < 1.29 is 8.42 Å². The van der Waals surface area contributed by atoms with Crippen LogP contribution in [0.4, 0.5) is 11.8 Å². The Balaban J connectivity index is 1.35. The van der Waals surface area contributed by atoms with Crippen LogP contribution in [0.2, 0.25) is 0 Å². The van der Waals surface area contributed by atoms with Crippen LogP contribution in [0.15, 0.2) is 24.5 Å². The fourth-order valence-electron chi connectivity index (χ4n) is 5.60. The fourth-order valence-corrected chi connectivity index (χ4v) is 6.73. The minimum absolute atomic E-state index is 0.203. The molecule has 0 aromatic carbocycles. The van der Waals surface area contributed by atoms with Crippen LogP contribution in [-0.2, 0) is 9.84 Å². The molecule has 2 heterocycles. The second-order valence-electron chi connectivity index (χ2n) is 9.39. The van der Waals surface area contributed by atoms with Crippen LogP contribution in [0.5, 0.6) is 0 Å². The Morgan fingerprint density at radius 1 is 1.14 bits per heavy atom. The number of sulfone groups is 1. The third-order valence-corrected chi connectivity index (χ3v) is 9.15. The van der Waals surface area contributed by atoms with E-state index in [1.807, 2.05) is 6.20 Å². The van der Waals surface area contributed by atoms with Crippen LogP contribution in [0.3, 0.4) is 0 Å². The monoisotopic (exact) mass is 414 g/mol. The summed E-state index contributed by atoms with van der Waals surface area (Å²) in [6, 6.07) is 0.717. The second-order valence-corrected chi connectivity index (χ2v) is 11.7. The molecule has 156 valence electrons. The van der Waals surface area contributed by atoms with E-state index in [-0.39, 0.29) is 11.3 Å². The van der Waals surface area contributed by atoms with Crippen molar-refractivity contribution in [2.75, 3.05) is 16.5 Å². The molecule has 1 aromatic heterocycles. The summed E-state index contributed by atoms with van der Waals surface area (Å²) in [6.07, 6.45) is 16.9. The number of fused-ring (bicyclic) bond motifs is 1. The molecule has 0 saturated heterocycles. The molecule has 3 aliphatic carbocycles. The summed E-state index contributed by atoms with van der Waals surface area (Å²) < 4.78 is 23.6. The maximum Gasteiger partial charge on any atom is 0.224 e. The first-order valence-electron chi connectivity index (χ1n) is 10.8. The van der Waals surface area contributed by atoms with E-state index in [1.54, 1.807) is 0 Å². The summed E-state index contributed by atoms with van der Waals surface area (Å²) in [7, 11) is -2.95. The van der Waals surface area contributed by atoms with Gasteiger partial charge >= 0.3 is 0 Å². The molecule has 3 saturated carbocycles. The lowest BCUT2D eigenvalue weighted by Gasteiger charge is -2.37. The minimum Gasteiger partial charge on any atom is -0.351 e. The lowest BCUT2D eigenvalue weighted by molar-refractivity contribution is 0.445. The van der Waals surface area contributed by atoms with Crippen molar-refractivity contribution in [3.8, 4) is 0 Å². The maximum atomic E-state index is 11.8. The van der Waals surface area contributed by atoms with Crippen LogP contribution in [0.25, 0.3) is 6.08 Å². The molecular formula is C22H30N4O2S. The van der Waals surface area contributed by atoms with Crippen LogP contribution in [-0.4, -0.2) is 42.0 Å². The van der Waals surface area contributed by atoms with E-state index in [0.717, 1.165) is 29.9 Å². The van der Waals surface area contributed by atoms with Gasteiger partial charge in [0.15, 0.2) is 0 Å². The Morgan fingerprint density at radius 2 is 1.90 bits per heavy atom. The van der Waals surface area contributed by atoms with Crippen molar-refractivity contribution in [3.63, 3.8) is 0 Å². The van der Waals surface area contributed by atoms with Gasteiger partial charge in [0, 0.05) is 35.8 Å². The molecule has 29 heavy (non-hydrogen) atoms. The highest BCUT2D eigenvalue weighted by Crippen LogP contribution is 2.60. The Hall–Kier alpha value is -1.89. The van der Waals surface area contributed by atoms with Crippen molar-refractivity contribution in [2.24, 2.45) is 5.41 Å². The Kier molecular flexibility index (Phi) is 4.49. The molecule has 7 heteroatoms. The molecule has 4 aliphatic rings. The largest absolute Gasteiger partial charge is 0.351 e. The number of hydrogen-bond acceptors (Lipinski definition) is 6. The van der Waals surface area contributed by atoms with Crippen LogP contribution < -0.4 is 10.2 Å². The highest BCUT2D eigenvalue weighted by molar-refractivity contribution is 7.91. The molecule has 0 amide bonds. The first-order chi connectivity index (χ1) is 13.9. The highest BCUT2D eigenvalue weighted by Gasteiger charge is 2.55. The first kappa shape index (κ1) is 19.1. The number of allylic oxidation sites excluding steroid dienone is 1. The third kappa shape index (κ3) is 3.47. The molecule has 1 spiro atoms. The molecule has 6 nitrogen and oxygen atoms in total. The molecule has 0 radical (unpaired) electrons. The first-order valence-corrected chi connectivity index (χ1v) is 12.8. The maximum absolute atomic E-state index is 11.8. The zero-order chi connectivity index (χ0) is 20.2. The average molecular weight is 415 g/mol. The van der Waals surface area contributed by atoms with Crippen molar-refractivity contribution in [1.29, 1.82) is 0 Å². The van der Waals surface area contributed by atoms with Gasteiger partial charge < -0.3 is 10.2 Å². The zero-order valence-electron chi connectivity index (χ0n) is 17.1. The Bertz CT molecular complexity index is 959. The molecule has 1 atom stereocenters. The van der Waals surface area contributed by atoms with Crippen molar-refractivity contribution >= 4 is 27.7 Å². The number of hydrogen-bond donors (Lipinski definition) is 1. The van der Waals surface area contributed by atoms with Gasteiger partial charge in [0.1, 0.15) is 15.7 Å². The van der Waals surface area contributed by atoms with E-state index in [1.165, 1.54) is 38.4 Å². The standard InChI is InChI=1S/C22H30N4O2S/c1-15-5-6-16-14-23-21(24-17-7-9-18(10-8-17)29(2,27)28)25-20(16)26(15)19-4-3-11-22(19)12-13-22/h5-6,14,17-19H,1,3-4,7-13H2,2H3,(H,23,24,25)/t17-,18-,19-/m0/s1. The van der Waals surface area contributed by atoms with Crippen LogP contribution in [0.1, 0.15) is 63.4 Å². The van der Waals surface area contributed by atoms with Gasteiger partial charge in [0.25, 0.3) is 0 Å². The Morgan fingerprint density at radius 3 is 2.59 bits per heavy atom. The summed E-state index contributed by atoms with van der Waals surface area (Å²) in [5, 5.41) is 3.27. The van der Waals surface area contributed by atoms with Crippen LogP contribution in [0, 0.1) is 5.41 Å².